The lowest BCUT2D eigenvalue weighted by Gasteiger charge is -2.36. The van der Waals surface area contributed by atoms with Gasteiger partial charge in [0.25, 0.3) is 0 Å². The molecule has 0 radical (unpaired) electrons. The summed E-state index contributed by atoms with van der Waals surface area (Å²) in [5.74, 6) is 2.65. The molecule has 0 aromatic rings. The summed E-state index contributed by atoms with van der Waals surface area (Å²) in [7, 11) is 0. The molecule has 0 amide bonds. The van der Waals surface area contributed by atoms with Gasteiger partial charge in [-0.3, -0.25) is 0 Å². The normalized spacial score (nSPS) is 38.0. The number of rotatable bonds is 0. The van der Waals surface area contributed by atoms with E-state index in [9.17, 15) is 0 Å². The maximum atomic E-state index is 3.55. The van der Waals surface area contributed by atoms with Crippen LogP contribution in [-0.4, -0.2) is 37.7 Å². The van der Waals surface area contributed by atoms with Crippen LogP contribution in [-0.2, 0) is 0 Å². The van der Waals surface area contributed by atoms with Gasteiger partial charge in [0.1, 0.15) is 0 Å². The lowest BCUT2D eigenvalue weighted by molar-refractivity contribution is 0.238. The van der Waals surface area contributed by atoms with Crippen LogP contribution in [0.25, 0.3) is 0 Å². The van der Waals surface area contributed by atoms with Crippen molar-refractivity contribution in [1.29, 1.82) is 0 Å². The maximum absolute atomic E-state index is 3.55. The summed E-state index contributed by atoms with van der Waals surface area (Å²) in [6, 6.07) is 0. The SMILES string of the molecule is C1CNCC2(C1)CNCCSC2. The zero-order valence-corrected chi connectivity index (χ0v) is 8.38. The molecule has 2 rings (SSSR count). The molecule has 2 nitrogen and oxygen atoms in total. The van der Waals surface area contributed by atoms with Crippen LogP contribution in [0.2, 0.25) is 0 Å². The molecular formula is C9H18N2S. The van der Waals surface area contributed by atoms with Gasteiger partial charge in [-0.25, -0.2) is 0 Å². The van der Waals surface area contributed by atoms with Gasteiger partial charge in [-0.1, -0.05) is 0 Å². The van der Waals surface area contributed by atoms with Crippen molar-refractivity contribution in [2.24, 2.45) is 5.41 Å². The summed E-state index contributed by atoms with van der Waals surface area (Å²) in [6.07, 6.45) is 2.78. The molecule has 2 aliphatic heterocycles. The van der Waals surface area contributed by atoms with E-state index >= 15 is 0 Å². The monoisotopic (exact) mass is 186 g/mol. The molecule has 2 saturated heterocycles. The van der Waals surface area contributed by atoms with E-state index in [1.807, 2.05) is 0 Å². The van der Waals surface area contributed by atoms with Gasteiger partial charge in [-0.15, -0.1) is 0 Å². The first-order chi connectivity index (χ1) is 5.91. The van der Waals surface area contributed by atoms with E-state index in [1.54, 1.807) is 0 Å². The molecule has 0 aliphatic carbocycles. The average Bonchev–Trinajstić information content (AvgIpc) is 2.33. The van der Waals surface area contributed by atoms with Crippen molar-refractivity contribution in [3.63, 3.8) is 0 Å². The first kappa shape index (κ1) is 8.85. The van der Waals surface area contributed by atoms with Crippen LogP contribution >= 0.6 is 11.8 Å². The third kappa shape index (κ3) is 1.95. The van der Waals surface area contributed by atoms with Crippen molar-refractivity contribution in [2.45, 2.75) is 12.8 Å². The Bertz CT molecular complexity index is 133. The Kier molecular flexibility index (Phi) is 2.94. The van der Waals surface area contributed by atoms with Gasteiger partial charge in [-0.05, 0) is 19.4 Å². The highest BCUT2D eigenvalue weighted by Crippen LogP contribution is 2.30. The fraction of sp³-hybridized carbons (Fsp3) is 1.00. The van der Waals surface area contributed by atoms with Crippen molar-refractivity contribution in [3.8, 4) is 0 Å². The van der Waals surface area contributed by atoms with E-state index in [4.69, 9.17) is 0 Å². The van der Waals surface area contributed by atoms with E-state index in [0.717, 1.165) is 0 Å². The van der Waals surface area contributed by atoms with E-state index in [0.29, 0.717) is 5.41 Å². The molecule has 70 valence electrons. The van der Waals surface area contributed by atoms with Crippen molar-refractivity contribution in [2.75, 3.05) is 37.7 Å². The number of hydrogen-bond donors (Lipinski definition) is 2. The highest BCUT2D eigenvalue weighted by atomic mass is 32.2. The molecule has 2 heterocycles. The van der Waals surface area contributed by atoms with Crippen molar-refractivity contribution in [1.82, 2.24) is 10.6 Å². The minimum Gasteiger partial charge on any atom is -0.316 e. The van der Waals surface area contributed by atoms with Crippen molar-refractivity contribution < 1.29 is 0 Å². The predicted octanol–water partition coefficient (Wildman–Crippen LogP) is 0.693. The number of hydrogen-bond acceptors (Lipinski definition) is 3. The summed E-state index contributed by atoms with van der Waals surface area (Å²) in [6.45, 7) is 4.89. The van der Waals surface area contributed by atoms with Crippen molar-refractivity contribution >= 4 is 11.8 Å². The topological polar surface area (TPSA) is 24.1 Å². The quantitative estimate of drug-likeness (QED) is 0.582. The van der Waals surface area contributed by atoms with Crippen LogP contribution in [0.5, 0.6) is 0 Å². The summed E-state index contributed by atoms with van der Waals surface area (Å²) < 4.78 is 0. The zero-order chi connectivity index (χ0) is 8.28. The zero-order valence-electron chi connectivity index (χ0n) is 7.57. The third-order valence-electron chi connectivity index (χ3n) is 2.89. The van der Waals surface area contributed by atoms with Crippen LogP contribution in [0.1, 0.15) is 12.8 Å². The van der Waals surface area contributed by atoms with E-state index in [2.05, 4.69) is 22.4 Å². The number of thioether (sulfide) groups is 1. The molecule has 2 fully saturated rings. The second kappa shape index (κ2) is 3.99. The molecule has 0 saturated carbocycles. The summed E-state index contributed by atoms with van der Waals surface area (Å²) in [5, 5.41) is 7.07. The summed E-state index contributed by atoms with van der Waals surface area (Å²) in [4.78, 5) is 0. The second-order valence-electron chi connectivity index (χ2n) is 4.01. The van der Waals surface area contributed by atoms with Gasteiger partial charge < -0.3 is 10.6 Å². The Hall–Kier alpha value is 0.270. The lowest BCUT2D eigenvalue weighted by atomic mass is 9.82. The Balaban J connectivity index is 1.95. The lowest BCUT2D eigenvalue weighted by Crippen LogP contribution is -2.47. The molecule has 1 unspecified atom stereocenters. The molecular weight excluding hydrogens is 168 g/mol. The van der Waals surface area contributed by atoms with Gasteiger partial charge in [0.05, 0.1) is 0 Å². The molecule has 2 aliphatic rings. The van der Waals surface area contributed by atoms with Gasteiger partial charge >= 0.3 is 0 Å². The summed E-state index contributed by atoms with van der Waals surface area (Å²) in [5.41, 5.74) is 0.583. The number of nitrogens with one attached hydrogen (secondary N) is 2. The molecule has 12 heavy (non-hydrogen) atoms. The highest BCUT2D eigenvalue weighted by molar-refractivity contribution is 7.99. The molecule has 3 heteroatoms. The average molecular weight is 186 g/mol. The second-order valence-corrected chi connectivity index (χ2v) is 5.11. The first-order valence-electron chi connectivity index (χ1n) is 4.91. The smallest absolute Gasteiger partial charge is 0.00583 e. The van der Waals surface area contributed by atoms with Gasteiger partial charge in [0.2, 0.25) is 0 Å². The Morgan fingerprint density at radius 2 is 1.92 bits per heavy atom. The Labute approximate surface area is 78.9 Å². The van der Waals surface area contributed by atoms with Crippen LogP contribution in [0.3, 0.4) is 0 Å². The molecule has 1 atom stereocenters. The molecule has 0 aromatic heterocycles. The van der Waals surface area contributed by atoms with Crippen LogP contribution in [0.15, 0.2) is 0 Å². The van der Waals surface area contributed by atoms with Gasteiger partial charge in [-0.2, -0.15) is 11.8 Å². The standard InChI is InChI=1S/C9H18N2S/c1-2-9(6-10-3-1)7-11-4-5-12-8-9/h10-11H,1-8H2. The fourth-order valence-corrected chi connectivity index (χ4v) is 3.36. The van der Waals surface area contributed by atoms with Gasteiger partial charge in [0, 0.05) is 36.6 Å². The first-order valence-corrected chi connectivity index (χ1v) is 6.06. The van der Waals surface area contributed by atoms with Crippen LogP contribution in [0.4, 0.5) is 0 Å². The fourth-order valence-electron chi connectivity index (χ4n) is 2.14. The van der Waals surface area contributed by atoms with Crippen LogP contribution in [0, 0.1) is 5.41 Å². The van der Waals surface area contributed by atoms with Crippen LogP contribution < -0.4 is 10.6 Å². The Morgan fingerprint density at radius 1 is 1.08 bits per heavy atom. The van der Waals surface area contributed by atoms with Gasteiger partial charge in [0.15, 0.2) is 0 Å². The van der Waals surface area contributed by atoms with Crippen molar-refractivity contribution in [3.05, 3.63) is 0 Å². The van der Waals surface area contributed by atoms with E-state index < -0.39 is 0 Å². The predicted molar refractivity (Wildman–Crippen MR) is 54.7 cm³/mol. The Morgan fingerprint density at radius 3 is 2.67 bits per heavy atom. The number of piperidine rings is 1. The highest BCUT2D eigenvalue weighted by Gasteiger charge is 2.32. The minimum atomic E-state index is 0.583. The van der Waals surface area contributed by atoms with E-state index in [-0.39, 0.29) is 0 Å². The van der Waals surface area contributed by atoms with E-state index in [1.165, 1.54) is 50.5 Å². The maximum Gasteiger partial charge on any atom is 0.00583 e. The molecule has 0 bridgehead atoms. The molecule has 2 N–H and O–H groups in total. The minimum absolute atomic E-state index is 0.583. The molecule has 1 spiro atoms. The third-order valence-corrected chi connectivity index (χ3v) is 4.20. The summed E-state index contributed by atoms with van der Waals surface area (Å²) >= 11 is 2.12. The largest absolute Gasteiger partial charge is 0.316 e. The molecule has 0 aromatic carbocycles.